The molecule has 0 saturated heterocycles. The van der Waals surface area contributed by atoms with Crippen molar-refractivity contribution >= 4 is 28.5 Å². The Morgan fingerprint density at radius 3 is 2.86 bits per heavy atom. The average molecular weight is 208 g/mol. The van der Waals surface area contributed by atoms with E-state index in [1.807, 2.05) is 31.2 Å². The van der Waals surface area contributed by atoms with Crippen molar-refractivity contribution in [2.75, 3.05) is 11.9 Å². The minimum atomic E-state index is 0.492. The largest absolute Gasteiger partial charge is 0.354 e. The predicted molar refractivity (Wildman–Crippen MR) is 58.7 cm³/mol. The minimum Gasteiger partial charge on any atom is -0.354 e. The maximum atomic E-state index is 6.01. The van der Waals surface area contributed by atoms with E-state index in [4.69, 9.17) is 11.6 Å². The molecule has 1 heterocycles. The van der Waals surface area contributed by atoms with Crippen molar-refractivity contribution in [1.29, 1.82) is 0 Å². The second-order valence-corrected chi connectivity index (χ2v) is 3.24. The van der Waals surface area contributed by atoms with Crippen molar-refractivity contribution in [2.45, 2.75) is 6.92 Å². The summed E-state index contributed by atoms with van der Waals surface area (Å²) in [6.45, 7) is 2.78. The molecule has 0 radical (unpaired) electrons. The maximum absolute atomic E-state index is 6.01. The molecule has 1 N–H and O–H groups in total. The molecule has 1 aromatic carbocycles. The Balaban J connectivity index is 2.60. The van der Waals surface area contributed by atoms with Gasteiger partial charge >= 0.3 is 0 Å². The fraction of sp³-hybridized carbons (Fsp3) is 0.200. The summed E-state index contributed by atoms with van der Waals surface area (Å²) in [7, 11) is 0. The summed E-state index contributed by atoms with van der Waals surface area (Å²) in [5, 5.41) is 4.41. The summed E-state index contributed by atoms with van der Waals surface area (Å²) in [6, 6.07) is 7.68. The van der Waals surface area contributed by atoms with Crippen molar-refractivity contribution in [2.24, 2.45) is 0 Å². The molecule has 0 amide bonds. The van der Waals surface area contributed by atoms with E-state index in [1.165, 1.54) is 0 Å². The smallest absolute Gasteiger partial charge is 0.224 e. The molecule has 0 aliphatic carbocycles. The second kappa shape index (κ2) is 3.80. The van der Waals surface area contributed by atoms with Crippen LogP contribution in [0.4, 0.5) is 5.95 Å². The molecule has 0 spiro atoms. The van der Waals surface area contributed by atoms with Gasteiger partial charge in [-0.3, -0.25) is 0 Å². The van der Waals surface area contributed by atoms with E-state index < -0.39 is 0 Å². The van der Waals surface area contributed by atoms with Crippen LogP contribution in [0.2, 0.25) is 5.15 Å². The fourth-order valence-electron chi connectivity index (χ4n) is 1.28. The molecule has 2 rings (SSSR count). The Kier molecular flexibility index (Phi) is 2.50. The zero-order valence-electron chi connectivity index (χ0n) is 7.79. The normalized spacial score (nSPS) is 10.4. The van der Waals surface area contributed by atoms with Gasteiger partial charge in [0.1, 0.15) is 5.15 Å². The molecular formula is C10H10ClN3. The van der Waals surface area contributed by atoms with Gasteiger partial charge in [0.05, 0.1) is 5.52 Å². The summed E-state index contributed by atoms with van der Waals surface area (Å²) < 4.78 is 0. The number of para-hydroxylation sites is 1. The van der Waals surface area contributed by atoms with Crippen LogP contribution in [0.3, 0.4) is 0 Å². The molecule has 14 heavy (non-hydrogen) atoms. The van der Waals surface area contributed by atoms with Crippen molar-refractivity contribution in [1.82, 2.24) is 9.97 Å². The van der Waals surface area contributed by atoms with Crippen LogP contribution >= 0.6 is 11.6 Å². The third kappa shape index (κ3) is 1.63. The highest BCUT2D eigenvalue weighted by Crippen LogP contribution is 2.21. The molecule has 0 saturated carbocycles. The zero-order chi connectivity index (χ0) is 9.97. The van der Waals surface area contributed by atoms with E-state index in [-0.39, 0.29) is 0 Å². The summed E-state index contributed by atoms with van der Waals surface area (Å²) in [5.41, 5.74) is 0.864. The van der Waals surface area contributed by atoms with E-state index >= 15 is 0 Å². The molecule has 0 bridgehead atoms. The van der Waals surface area contributed by atoms with Gasteiger partial charge in [0, 0.05) is 11.9 Å². The van der Waals surface area contributed by atoms with Crippen molar-refractivity contribution in [3.05, 3.63) is 29.4 Å². The third-order valence-electron chi connectivity index (χ3n) is 1.89. The lowest BCUT2D eigenvalue weighted by atomic mass is 10.2. The van der Waals surface area contributed by atoms with Gasteiger partial charge < -0.3 is 5.32 Å². The number of hydrogen-bond donors (Lipinski definition) is 1. The molecular weight excluding hydrogens is 198 g/mol. The van der Waals surface area contributed by atoms with E-state index in [2.05, 4.69) is 15.3 Å². The van der Waals surface area contributed by atoms with Crippen LogP contribution in [0.15, 0.2) is 24.3 Å². The number of halogens is 1. The lowest BCUT2D eigenvalue weighted by Gasteiger charge is -2.04. The summed E-state index contributed by atoms with van der Waals surface area (Å²) in [4.78, 5) is 8.45. The topological polar surface area (TPSA) is 37.8 Å². The van der Waals surface area contributed by atoms with Gasteiger partial charge in [0.25, 0.3) is 0 Å². The predicted octanol–water partition coefficient (Wildman–Crippen LogP) is 2.72. The highest BCUT2D eigenvalue weighted by atomic mass is 35.5. The van der Waals surface area contributed by atoms with Crippen LogP contribution in [0, 0.1) is 0 Å². The number of fused-ring (bicyclic) bond motifs is 1. The summed E-state index contributed by atoms with van der Waals surface area (Å²) in [6.07, 6.45) is 0. The van der Waals surface area contributed by atoms with E-state index in [0.29, 0.717) is 11.1 Å². The van der Waals surface area contributed by atoms with Crippen LogP contribution in [0.1, 0.15) is 6.92 Å². The Morgan fingerprint density at radius 2 is 2.07 bits per heavy atom. The van der Waals surface area contributed by atoms with Gasteiger partial charge in [-0.25, -0.2) is 9.97 Å². The number of hydrogen-bond acceptors (Lipinski definition) is 3. The Hall–Kier alpha value is -1.35. The van der Waals surface area contributed by atoms with Crippen LogP contribution < -0.4 is 5.32 Å². The van der Waals surface area contributed by atoms with Crippen molar-refractivity contribution < 1.29 is 0 Å². The Morgan fingerprint density at radius 1 is 1.29 bits per heavy atom. The monoisotopic (exact) mass is 207 g/mol. The molecule has 0 aliphatic rings. The van der Waals surface area contributed by atoms with Gasteiger partial charge in [0.15, 0.2) is 0 Å². The first-order valence-electron chi connectivity index (χ1n) is 4.47. The van der Waals surface area contributed by atoms with Gasteiger partial charge in [-0.2, -0.15) is 0 Å². The number of nitrogens with zero attached hydrogens (tertiary/aromatic N) is 2. The molecule has 72 valence electrons. The average Bonchev–Trinajstić information content (AvgIpc) is 2.18. The molecule has 1 aromatic heterocycles. The first-order chi connectivity index (χ1) is 6.81. The van der Waals surface area contributed by atoms with Crippen LogP contribution in [0.5, 0.6) is 0 Å². The summed E-state index contributed by atoms with van der Waals surface area (Å²) >= 11 is 6.01. The van der Waals surface area contributed by atoms with Gasteiger partial charge in [-0.15, -0.1) is 0 Å². The Bertz CT molecular complexity index is 456. The first-order valence-corrected chi connectivity index (χ1v) is 4.85. The molecule has 3 nitrogen and oxygen atoms in total. The molecule has 0 atom stereocenters. The van der Waals surface area contributed by atoms with Gasteiger partial charge in [-0.05, 0) is 19.1 Å². The van der Waals surface area contributed by atoms with E-state index in [1.54, 1.807) is 0 Å². The second-order valence-electron chi connectivity index (χ2n) is 2.89. The third-order valence-corrected chi connectivity index (χ3v) is 2.18. The van der Waals surface area contributed by atoms with Crippen molar-refractivity contribution in [3.8, 4) is 0 Å². The quantitative estimate of drug-likeness (QED) is 0.770. The number of benzene rings is 1. The lowest BCUT2D eigenvalue weighted by molar-refractivity contribution is 1.11. The number of aromatic nitrogens is 2. The summed E-state index contributed by atoms with van der Waals surface area (Å²) in [5.74, 6) is 0.580. The maximum Gasteiger partial charge on any atom is 0.224 e. The van der Waals surface area contributed by atoms with Crippen LogP contribution in [-0.2, 0) is 0 Å². The highest BCUT2D eigenvalue weighted by molar-refractivity contribution is 6.34. The van der Waals surface area contributed by atoms with Gasteiger partial charge in [0.2, 0.25) is 5.95 Å². The molecule has 2 aromatic rings. The highest BCUT2D eigenvalue weighted by Gasteiger charge is 2.03. The van der Waals surface area contributed by atoms with Crippen LogP contribution in [-0.4, -0.2) is 16.5 Å². The molecule has 0 unspecified atom stereocenters. The minimum absolute atomic E-state index is 0.492. The van der Waals surface area contributed by atoms with Crippen LogP contribution in [0.25, 0.3) is 10.9 Å². The SMILES string of the molecule is CCNc1nc(Cl)c2ccccc2n1. The number of rotatable bonds is 2. The molecule has 4 heteroatoms. The zero-order valence-corrected chi connectivity index (χ0v) is 8.54. The number of nitrogens with one attached hydrogen (secondary N) is 1. The molecule has 0 aliphatic heterocycles. The molecule has 0 fully saturated rings. The lowest BCUT2D eigenvalue weighted by Crippen LogP contribution is -2.02. The van der Waals surface area contributed by atoms with Crippen molar-refractivity contribution in [3.63, 3.8) is 0 Å². The first kappa shape index (κ1) is 9.21. The van der Waals surface area contributed by atoms with E-state index in [0.717, 1.165) is 17.4 Å². The Labute approximate surface area is 87.1 Å². The van der Waals surface area contributed by atoms with Gasteiger partial charge in [-0.1, -0.05) is 23.7 Å². The number of anilines is 1. The fourth-order valence-corrected chi connectivity index (χ4v) is 1.51. The van der Waals surface area contributed by atoms with E-state index in [9.17, 15) is 0 Å². The standard InChI is InChI=1S/C10H10ClN3/c1-2-12-10-13-8-6-4-3-5-7(8)9(11)14-10/h3-6H,2H2,1H3,(H,12,13,14).